The Morgan fingerprint density at radius 1 is 1.37 bits per heavy atom. The Balaban J connectivity index is 2.53. The molecule has 1 rings (SSSR count). The van der Waals surface area contributed by atoms with Gasteiger partial charge in [0.1, 0.15) is 11.5 Å². The lowest BCUT2D eigenvalue weighted by Crippen LogP contribution is -2.30. The van der Waals surface area contributed by atoms with Crippen molar-refractivity contribution in [3.8, 4) is 17.6 Å². The van der Waals surface area contributed by atoms with E-state index in [-0.39, 0.29) is 12.5 Å². The van der Waals surface area contributed by atoms with Gasteiger partial charge in [-0.3, -0.25) is 4.79 Å². The van der Waals surface area contributed by atoms with E-state index in [9.17, 15) is 4.79 Å². The van der Waals surface area contributed by atoms with E-state index >= 15 is 0 Å². The van der Waals surface area contributed by atoms with Crippen LogP contribution in [-0.4, -0.2) is 33.2 Å². The van der Waals surface area contributed by atoms with Crippen molar-refractivity contribution in [2.75, 3.05) is 32.6 Å². The van der Waals surface area contributed by atoms with Gasteiger partial charge in [-0.25, -0.2) is 0 Å². The molecule has 0 heterocycles. The third-order valence-corrected chi connectivity index (χ3v) is 2.41. The Morgan fingerprint density at radius 2 is 2.16 bits per heavy atom. The van der Waals surface area contributed by atoms with Crippen LogP contribution in [0.5, 0.6) is 11.5 Å². The first kappa shape index (κ1) is 14.6. The summed E-state index contributed by atoms with van der Waals surface area (Å²) in [6, 6.07) is 7.25. The van der Waals surface area contributed by atoms with E-state index in [0.29, 0.717) is 30.2 Å². The molecule has 0 radical (unpaired) electrons. The Bertz CT molecular complexity index is 469. The van der Waals surface area contributed by atoms with Crippen molar-refractivity contribution < 1.29 is 14.3 Å². The maximum absolute atomic E-state index is 11.5. The molecule has 0 atom stereocenters. The summed E-state index contributed by atoms with van der Waals surface area (Å²) in [7, 11) is 3.12. The van der Waals surface area contributed by atoms with Crippen LogP contribution in [0, 0.1) is 11.3 Å². The molecule has 19 heavy (non-hydrogen) atoms. The molecule has 1 amide bonds. The largest absolute Gasteiger partial charge is 0.497 e. The van der Waals surface area contributed by atoms with Crippen molar-refractivity contribution in [3.05, 3.63) is 18.2 Å². The van der Waals surface area contributed by atoms with Crippen LogP contribution in [0.3, 0.4) is 0 Å². The van der Waals surface area contributed by atoms with Crippen molar-refractivity contribution >= 4 is 11.6 Å². The van der Waals surface area contributed by atoms with Crippen molar-refractivity contribution in [2.24, 2.45) is 0 Å². The number of anilines is 1. The second-order valence-corrected chi connectivity index (χ2v) is 3.68. The summed E-state index contributed by atoms with van der Waals surface area (Å²) in [6.07, 6.45) is 0.303. The SMILES string of the molecule is COc1ccc(NCC(=O)NCCC#N)c(OC)c1. The van der Waals surface area contributed by atoms with E-state index in [1.54, 1.807) is 32.4 Å². The summed E-state index contributed by atoms with van der Waals surface area (Å²) in [5.74, 6) is 1.11. The van der Waals surface area contributed by atoms with Crippen LogP contribution < -0.4 is 20.1 Å². The minimum Gasteiger partial charge on any atom is -0.497 e. The van der Waals surface area contributed by atoms with E-state index in [1.165, 1.54) is 0 Å². The number of nitriles is 1. The highest BCUT2D eigenvalue weighted by atomic mass is 16.5. The first-order valence-electron chi connectivity index (χ1n) is 5.80. The minimum atomic E-state index is -0.173. The van der Waals surface area contributed by atoms with Crippen LogP contribution in [0.25, 0.3) is 0 Å². The standard InChI is InChI=1S/C13H17N3O3/c1-18-10-4-5-11(12(8-10)19-2)16-9-13(17)15-7-3-6-14/h4-5,8,16H,3,7,9H2,1-2H3,(H,15,17). The van der Waals surface area contributed by atoms with Gasteiger partial charge in [0, 0.05) is 12.6 Å². The molecule has 0 unspecified atom stereocenters. The first-order chi connectivity index (χ1) is 9.21. The van der Waals surface area contributed by atoms with Gasteiger partial charge in [-0.2, -0.15) is 5.26 Å². The maximum Gasteiger partial charge on any atom is 0.239 e. The molecule has 0 aliphatic rings. The normalized spacial score (nSPS) is 9.32. The van der Waals surface area contributed by atoms with Crippen molar-refractivity contribution in [3.63, 3.8) is 0 Å². The fourth-order valence-corrected chi connectivity index (χ4v) is 1.44. The molecule has 1 aromatic carbocycles. The zero-order valence-corrected chi connectivity index (χ0v) is 11.0. The molecule has 2 N–H and O–H groups in total. The number of carbonyl (C=O) groups excluding carboxylic acids is 1. The Kier molecular flexibility index (Phi) is 6.03. The lowest BCUT2D eigenvalue weighted by Gasteiger charge is -2.12. The fraction of sp³-hybridized carbons (Fsp3) is 0.385. The highest BCUT2D eigenvalue weighted by molar-refractivity contribution is 5.81. The lowest BCUT2D eigenvalue weighted by molar-refractivity contribution is -0.119. The van der Waals surface area contributed by atoms with Gasteiger partial charge in [0.05, 0.1) is 38.9 Å². The third-order valence-electron chi connectivity index (χ3n) is 2.41. The van der Waals surface area contributed by atoms with Crippen molar-refractivity contribution in [2.45, 2.75) is 6.42 Å². The molecule has 102 valence electrons. The quantitative estimate of drug-likeness (QED) is 0.721. The summed E-state index contributed by atoms with van der Waals surface area (Å²) in [4.78, 5) is 11.5. The van der Waals surface area contributed by atoms with Crippen LogP contribution in [0.15, 0.2) is 18.2 Å². The Hall–Kier alpha value is -2.42. The van der Waals surface area contributed by atoms with Gasteiger partial charge < -0.3 is 20.1 Å². The molecule has 0 aliphatic carbocycles. The van der Waals surface area contributed by atoms with E-state index in [1.807, 2.05) is 6.07 Å². The molecule has 0 saturated carbocycles. The smallest absolute Gasteiger partial charge is 0.239 e. The predicted octanol–water partition coefficient (Wildman–Crippen LogP) is 1.15. The summed E-state index contributed by atoms with van der Waals surface area (Å²) in [5.41, 5.74) is 0.707. The fourth-order valence-electron chi connectivity index (χ4n) is 1.44. The molecule has 0 spiro atoms. The van der Waals surface area contributed by atoms with E-state index < -0.39 is 0 Å². The first-order valence-corrected chi connectivity index (χ1v) is 5.80. The summed E-state index contributed by atoms with van der Waals surface area (Å²) in [5, 5.41) is 14.0. The number of hydrogen-bond acceptors (Lipinski definition) is 5. The molecular formula is C13H17N3O3. The van der Waals surface area contributed by atoms with Gasteiger partial charge in [0.15, 0.2) is 0 Å². The molecule has 0 fully saturated rings. The number of nitrogens with zero attached hydrogens (tertiary/aromatic N) is 1. The van der Waals surface area contributed by atoms with Crippen molar-refractivity contribution in [1.82, 2.24) is 5.32 Å². The summed E-state index contributed by atoms with van der Waals surface area (Å²) >= 11 is 0. The van der Waals surface area contributed by atoms with Gasteiger partial charge >= 0.3 is 0 Å². The zero-order chi connectivity index (χ0) is 14.1. The monoisotopic (exact) mass is 263 g/mol. The number of hydrogen-bond donors (Lipinski definition) is 2. The highest BCUT2D eigenvalue weighted by Crippen LogP contribution is 2.28. The average molecular weight is 263 g/mol. The number of ether oxygens (including phenoxy) is 2. The minimum absolute atomic E-state index is 0.119. The summed E-state index contributed by atoms with van der Waals surface area (Å²) in [6.45, 7) is 0.477. The van der Waals surface area contributed by atoms with E-state index in [2.05, 4.69) is 10.6 Å². The Morgan fingerprint density at radius 3 is 2.79 bits per heavy atom. The lowest BCUT2D eigenvalue weighted by atomic mass is 10.2. The molecule has 0 bridgehead atoms. The van der Waals surface area contributed by atoms with Gasteiger partial charge in [-0.05, 0) is 12.1 Å². The number of carbonyl (C=O) groups is 1. The number of nitrogens with one attached hydrogen (secondary N) is 2. The van der Waals surface area contributed by atoms with E-state index in [0.717, 1.165) is 0 Å². The maximum atomic E-state index is 11.5. The van der Waals surface area contributed by atoms with Crippen LogP contribution in [-0.2, 0) is 4.79 Å². The molecule has 6 nitrogen and oxygen atoms in total. The van der Waals surface area contributed by atoms with Crippen LogP contribution >= 0.6 is 0 Å². The Labute approximate surface area is 112 Å². The number of rotatable bonds is 7. The predicted molar refractivity (Wildman–Crippen MR) is 71.3 cm³/mol. The van der Waals surface area contributed by atoms with Gasteiger partial charge in [-0.1, -0.05) is 0 Å². The second-order valence-electron chi connectivity index (χ2n) is 3.68. The molecule has 0 aromatic heterocycles. The van der Waals surface area contributed by atoms with E-state index in [4.69, 9.17) is 14.7 Å². The van der Waals surface area contributed by atoms with Gasteiger partial charge in [-0.15, -0.1) is 0 Å². The van der Waals surface area contributed by atoms with Crippen LogP contribution in [0.4, 0.5) is 5.69 Å². The van der Waals surface area contributed by atoms with Crippen LogP contribution in [0.1, 0.15) is 6.42 Å². The third kappa shape index (κ3) is 4.76. The van der Waals surface area contributed by atoms with Gasteiger partial charge in [0.2, 0.25) is 5.91 Å². The number of amides is 1. The topological polar surface area (TPSA) is 83.4 Å². The zero-order valence-electron chi connectivity index (χ0n) is 11.0. The molecule has 6 heteroatoms. The second kappa shape index (κ2) is 7.82. The molecular weight excluding hydrogens is 246 g/mol. The molecule has 0 saturated heterocycles. The number of benzene rings is 1. The average Bonchev–Trinajstić information content (AvgIpc) is 2.45. The van der Waals surface area contributed by atoms with Crippen LogP contribution in [0.2, 0.25) is 0 Å². The van der Waals surface area contributed by atoms with Crippen molar-refractivity contribution in [1.29, 1.82) is 5.26 Å². The number of methoxy groups -OCH3 is 2. The highest BCUT2D eigenvalue weighted by Gasteiger charge is 2.06. The van der Waals surface area contributed by atoms with Gasteiger partial charge in [0.25, 0.3) is 0 Å². The summed E-state index contributed by atoms with van der Waals surface area (Å²) < 4.78 is 10.3. The molecule has 1 aromatic rings. The molecule has 0 aliphatic heterocycles.